The molecule has 4 nitrogen and oxygen atoms in total. The molecule has 0 spiro atoms. The first kappa shape index (κ1) is 24.4. The third kappa shape index (κ3) is 6.29. The van der Waals surface area contributed by atoms with E-state index in [1.165, 1.54) is 0 Å². The van der Waals surface area contributed by atoms with Crippen LogP contribution in [0.2, 0.25) is 0 Å². The second-order valence-corrected chi connectivity index (χ2v) is 6.64. The van der Waals surface area contributed by atoms with Gasteiger partial charge >= 0.3 is 18.3 Å². The summed E-state index contributed by atoms with van der Waals surface area (Å²) in [4.78, 5) is 8.90. The molecule has 0 fully saturated rings. The highest BCUT2D eigenvalue weighted by Gasteiger charge is 2.47. The van der Waals surface area contributed by atoms with Crippen LogP contribution < -0.4 is 5.32 Å². The van der Waals surface area contributed by atoms with Crippen molar-refractivity contribution in [1.29, 1.82) is 0 Å². The molecule has 0 radical (unpaired) electrons. The SMILES string of the molecule is O=C(O)C(F)(F)F.Oc1cc(CNC2c3ccccc3CC2(F)F)cc(C(F)(F)F)c1. The molecule has 1 atom stereocenters. The maximum absolute atomic E-state index is 14.2. The van der Waals surface area contributed by atoms with Crippen molar-refractivity contribution in [3.63, 3.8) is 0 Å². The monoisotopic (exact) mass is 457 g/mol. The molecule has 170 valence electrons. The summed E-state index contributed by atoms with van der Waals surface area (Å²) < 4.78 is 98.3. The van der Waals surface area contributed by atoms with Crippen molar-refractivity contribution >= 4 is 5.97 Å². The summed E-state index contributed by atoms with van der Waals surface area (Å²) in [6, 6.07) is 7.80. The summed E-state index contributed by atoms with van der Waals surface area (Å²) in [7, 11) is 0. The summed E-state index contributed by atoms with van der Waals surface area (Å²) in [5.41, 5.74) is 0.0333. The van der Waals surface area contributed by atoms with Crippen LogP contribution in [0.15, 0.2) is 42.5 Å². The van der Waals surface area contributed by atoms with Crippen LogP contribution in [0.5, 0.6) is 5.75 Å². The molecule has 0 heterocycles. The minimum atomic E-state index is -5.08. The average Bonchev–Trinajstić information content (AvgIpc) is 2.87. The molecular weight excluding hydrogens is 442 g/mol. The number of hydrogen-bond acceptors (Lipinski definition) is 3. The van der Waals surface area contributed by atoms with Crippen molar-refractivity contribution in [2.45, 2.75) is 37.3 Å². The van der Waals surface area contributed by atoms with Gasteiger partial charge < -0.3 is 15.5 Å². The van der Waals surface area contributed by atoms with Gasteiger partial charge in [0.15, 0.2) is 0 Å². The smallest absolute Gasteiger partial charge is 0.490 e. The van der Waals surface area contributed by atoms with Crippen molar-refractivity contribution in [3.05, 3.63) is 64.7 Å². The molecule has 1 aliphatic rings. The van der Waals surface area contributed by atoms with Gasteiger partial charge in [-0.05, 0) is 34.9 Å². The second-order valence-electron chi connectivity index (χ2n) is 6.64. The van der Waals surface area contributed by atoms with E-state index in [4.69, 9.17) is 9.90 Å². The number of hydrogen-bond donors (Lipinski definition) is 3. The molecule has 1 unspecified atom stereocenters. The Kier molecular flexibility index (Phi) is 6.84. The van der Waals surface area contributed by atoms with E-state index in [0.717, 1.165) is 12.1 Å². The van der Waals surface area contributed by atoms with Gasteiger partial charge in [0.1, 0.15) is 5.75 Å². The Morgan fingerprint density at radius 2 is 1.65 bits per heavy atom. The lowest BCUT2D eigenvalue weighted by atomic mass is 10.1. The van der Waals surface area contributed by atoms with E-state index in [1.807, 2.05) is 0 Å². The van der Waals surface area contributed by atoms with E-state index < -0.39 is 48.0 Å². The first-order valence-corrected chi connectivity index (χ1v) is 8.50. The van der Waals surface area contributed by atoms with Gasteiger partial charge in [-0.3, -0.25) is 0 Å². The van der Waals surface area contributed by atoms with Gasteiger partial charge in [0.05, 0.1) is 11.6 Å². The highest BCUT2D eigenvalue weighted by atomic mass is 19.4. The van der Waals surface area contributed by atoms with Crippen LogP contribution in [0, 0.1) is 0 Å². The van der Waals surface area contributed by atoms with E-state index in [9.17, 15) is 40.2 Å². The Hall–Kier alpha value is -2.89. The molecule has 0 saturated heterocycles. The second kappa shape index (κ2) is 8.69. The number of aliphatic carboxylic acids is 1. The number of carbonyl (C=O) groups is 1. The Bertz CT molecular complexity index is 940. The number of halogens is 8. The average molecular weight is 457 g/mol. The molecule has 12 heteroatoms. The van der Waals surface area contributed by atoms with Crippen LogP contribution in [0.1, 0.15) is 28.3 Å². The molecule has 0 saturated carbocycles. The third-order valence-corrected chi connectivity index (χ3v) is 4.27. The zero-order chi connectivity index (χ0) is 23.6. The number of nitrogens with one attached hydrogen (secondary N) is 1. The highest BCUT2D eigenvalue weighted by molar-refractivity contribution is 5.73. The lowest BCUT2D eigenvalue weighted by Crippen LogP contribution is -2.33. The number of carboxylic acid groups (broad SMARTS) is 1. The largest absolute Gasteiger partial charge is 0.508 e. The van der Waals surface area contributed by atoms with Crippen molar-refractivity contribution < 1.29 is 50.1 Å². The fourth-order valence-electron chi connectivity index (χ4n) is 2.98. The number of aromatic hydroxyl groups is 1. The third-order valence-electron chi connectivity index (χ3n) is 4.27. The zero-order valence-electron chi connectivity index (χ0n) is 15.4. The zero-order valence-corrected chi connectivity index (χ0v) is 15.4. The van der Waals surface area contributed by atoms with Crippen LogP contribution in [-0.2, 0) is 23.9 Å². The van der Waals surface area contributed by atoms with Crippen molar-refractivity contribution in [1.82, 2.24) is 5.32 Å². The lowest BCUT2D eigenvalue weighted by Gasteiger charge is -2.22. The molecular formula is C19H15F8NO3. The van der Waals surface area contributed by atoms with Gasteiger partial charge in [-0.1, -0.05) is 24.3 Å². The van der Waals surface area contributed by atoms with Gasteiger partial charge in [-0.15, -0.1) is 0 Å². The Morgan fingerprint density at radius 1 is 1.06 bits per heavy atom. The summed E-state index contributed by atoms with van der Waals surface area (Å²) >= 11 is 0. The van der Waals surface area contributed by atoms with E-state index in [-0.39, 0.29) is 12.1 Å². The number of phenolic OH excluding ortho intramolecular Hbond substituents is 1. The van der Waals surface area contributed by atoms with Crippen molar-refractivity contribution in [2.75, 3.05) is 0 Å². The molecule has 2 aromatic rings. The molecule has 1 aliphatic carbocycles. The van der Waals surface area contributed by atoms with E-state index >= 15 is 0 Å². The molecule has 31 heavy (non-hydrogen) atoms. The fraction of sp³-hybridized carbons (Fsp3) is 0.316. The first-order valence-electron chi connectivity index (χ1n) is 8.50. The fourth-order valence-corrected chi connectivity index (χ4v) is 2.98. The summed E-state index contributed by atoms with van der Waals surface area (Å²) in [6.45, 7) is -0.216. The predicted molar refractivity (Wildman–Crippen MR) is 91.5 cm³/mol. The highest BCUT2D eigenvalue weighted by Crippen LogP contribution is 2.43. The van der Waals surface area contributed by atoms with Gasteiger partial charge in [0, 0.05) is 13.0 Å². The van der Waals surface area contributed by atoms with Crippen molar-refractivity contribution in [2.24, 2.45) is 0 Å². The first-order chi connectivity index (χ1) is 14.1. The van der Waals surface area contributed by atoms with Crippen molar-refractivity contribution in [3.8, 4) is 5.75 Å². The number of fused-ring (bicyclic) bond motifs is 1. The van der Waals surface area contributed by atoms with E-state index in [2.05, 4.69) is 5.32 Å². The molecule has 3 N–H and O–H groups in total. The topological polar surface area (TPSA) is 69.6 Å². The number of alkyl halides is 8. The summed E-state index contributed by atoms with van der Waals surface area (Å²) in [5.74, 6) is -6.33. The summed E-state index contributed by atoms with van der Waals surface area (Å²) in [6.07, 6.45) is -10.1. The standard InChI is InChI=1S/C17H14F5NO.C2HF3O2/c18-16(19)8-11-3-1-2-4-14(11)15(16)23-9-10-5-12(17(20,21)22)7-13(24)6-10;3-2(4,5)1(6)7/h1-7,15,23-24H,8-9H2;(H,6,7). The molecule has 0 aromatic heterocycles. The normalized spacial score (nSPS) is 17.5. The van der Waals surface area contributed by atoms with Crippen LogP contribution in [0.3, 0.4) is 0 Å². The number of rotatable bonds is 3. The van der Waals surface area contributed by atoms with Gasteiger partial charge in [0.2, 0.25) is 0 Å². The molecule has 0 aliphatic heterocycles. The maximum Gasteiger partial charge on any atom is 0.490 e. The van der Waals surface area contributed by atoms with Crippen LogP contribution in [-0.4, -0.2) is 28.3 Å². The lowest BCUT2D eigenvalue weighted by molar-refractivity contribution is -0.192. The minimum absolute atomic E-state index is 0.0857. The Labute approximate surface area is 170 Å². The maximum atomic E-state index is 14.2. The summed E-state index contributed by atoms with van der Waals surface area (Å²) in [5, 5.41) is 19.2. The Balaban J connectivity index is 0.000000423. The van der Waals surface area contributed by atoms with Gasteiger partial charge in [-0.2, -0.15) is 26.3 Å². The number of benzene rings is 2. The van der Waals surface area contributed by atoms with E-state index in [0.29, 0.717) is 17.2 Å². The molecule has 0 bridgehead atoms. The van der Waals surface area contributed by atoms with Crippen LogP contribution in [0.4, 0.5) is 35.1 Å². The van der Waals surface area contributed by atoms with E-state index in [1.54, 1.807) is 24.3 Å². The molecule has 3 rings (SSSR count). The van der Waals surface area contributed by atoms with Crippen LogP contribution in [0.25, 0.3) is 0 Å². The van der Waals surface area contributed by atoms with Gasteiger partial charge in [0.25, 0.3) is 5.92 Å². The van der Waals surface area contributed by atoms with Crippen LogP contribution >= 0.6 is 0 Å². The molecule has 2 aromatic carbocycles. The van der Waals surface area contributed by atoms with Gasteiger partial charge in [-0.25, -0.2) is 13.6 Å². The predicted octanol–water partition coefficient (Wildman–Crippen LogP) is 5.07. The molecule has 0 amide bonds. The number of carboxylic acids is 1. The Morgan fingerprint density at radius 3 is 2.19 bits per heavy atom. The minimum Gasteiger partial charge on any atom is -0.508 e. The number of phenols is 1. The quantitative estimate of drug-likeness (QED) is 0.564.